The van der Waals surface area contributed by atoms with E-state index in [-0.39, 0.29) is 19.0 Å². The number of nitrogens with one attached hydrogen (secondary N) is 4. The summed E-state index contributed by atoms with van der Waals surface area (Å²) in [5.74, 6) is 0.625. The van der Waals surface area contributed by atoms with Crippen molar-refractivity contribution >= 4 is 59.2 Å². The third-order valence-corrected chi connectivity index (χ3v) is 8.08. The molecule has 4 N–H and O–H groups in total. The molecule has 0 aliphatic carbocycles. The predicted octanol–water partition coefficient (Wildman–Crippen LogP) is 7.78. The average Bonchev–Trinajstić information content (AvgIpc) is 3.69. The molecule has 4 aliphatic rings. The van der Waals surface area contributed by atoms with Crippen LogP contribution in [0.4, 0.5) is 11.4 Å². The number of hydrazone groups is 1. The number of halogens is 2. The number of rotatable bonds is 1. The van der Waals surface area contributed by atoms with Crippen LogP contribution in [0.1, 0.15) is 68.1 Å². The highest BCUT2D eigenvalue weighted by atomic mass is 35.5. The second-order valence-corrected chi connectivity index (χ2v) is 11.8. The van der Waals surface area contributed by atoms with E-state index in [1.165, 1.54) is 83.1 Å². The highest BCUT2D eigenvalue weighted by Crippen LogP contribution is 2.28. The monoisotopic (exact) mass is 677 g/mol. The largest absolute Gasteiger partial charge is 0.623 e. The third kappa shape index (κ3) is 13.1. The SMILES string of the molecule is C1=Cc2ccccc2NN=C1.C1CCCNCC1.C1CCCNCC1.CNC1=Nc2ccc(Cl)cc2C(c2ccccc2)=[N+]([O-])C1.Cl. The summed E-state index contributed by atoms with van der Waals surface area (Å²) < 4.78 is 0.951. The first-order valence-electron chi connectivity index (χ1n) is 16.5. The Kier molecular flexibility index (Phi) is 17.7. The van der Waals surface area contributed by atoms with Gasteiger partial charge in [0.25, 0.3) is 0 Å². The lowest BCUT2D eigenvalue weighted by Gasteiger charge is -2.10. The number of hydrogen-bond donors (Lipinski definition) is 4. The lowest BCUT2D eigenvalue weighted by molar-refractivity contribution is -0.439. The van der Waals surface area contributed by atoms with E-state index in [0.717, 1.165) is 27.2 Å². The summed E-state index contributed by atoms with van der Waals surface area (Å²) in [7, 11) is 1.76. The van der Waals surface area contributed by atoms with Gasteiger partial charge in [0.2, 0.25) is 12.3 Å². The average molecular weight is 679 g/mol. The third-order valence-electron chi connectivity index (χ3n) is 7.84. The summed E-state index contributed by atoms with van der Waals surface area (Å²) in [5, 5.41) is 26.8. The van der Waals surface area contributed by atoms with Crippen LogP contribution in [0.5, 0.6) is 0 Å². The molecule has 0 bridgehead atoms. The number of benzene rings is 3. The normalized spacial score (nSPS) is 16.7. The first-order chi connectivity index (χ1) is 22.7. The summed E-state index contributed by atoms with van der Waals surface area (Å²) in [4.78, 5) is 4.51. The number of hydrogen-bond acceptors (Lipinski definition) is 7. The van der Waals surface area contributed by atoms with Crippen LogP contribution in [-0.2, 0) is 0 Å². The second-order valence-electron chi connectivity index (χ2n) is 11.4. The van der Waals surface area contributed by atoms with Crippen molar-refractivity contribution in [2.45, 2.75) is 51.4 Å². The lowest BCUT2D eigenvalue weighted by atomic mass is 10.0. The highest BCUT2D eigenvalue weighted by molar-refractivity contribution is 6.31. The van der Waals surface area contributed by atoms with Gasteiger partial charge in [0.1, 0.15) is 0 Å². The molecule has 0 aromatic heterocycles. The number of amidine groups is 1. The molecule has 7 rings (SSSR count). The molecule has 4 heterocycles. The molecule has 8 nitrogen and oxygen atoms in total. The molecule has 252 valence electrons. The number of nitrogens with zero attached hydrogens (tertiary/aromatic N) is 3. The van der Waals surface area contributed by atoms with Gasteiger partial charge in [-0.05, 0) is 99.9 Å². The first-order valence-corrected chi connectivity index (χ1v) is 16.9. The number of allylic oxidation sites excluding steroid dienone is 1. The molecule has 0 amide bonds. The van der Waals surface area contributed by atoms with Crippen LogP contribution in [0.25, 0.3) is 6.08 Å². The van der Waals surface area contributed by atoms with Crippen molar-refractivity contribution in [2.24, 2.45) is 10.1 Å². The number of likely N-dealkylation sites (N-methyl/N-ethyl adjacent to an activating group) is 1. The van der Waals surface area contributed by atoms with Crippen molar-refractivity contribution in [1.82, 2.24) is 16.0 Å². The topological polar surface area (TPSA) is 98.9 Å². The minimum Gasteiger partial charge on any atom is -0.623 e. The van der Waals surface area contributed by atoms with Gasteiger partial charge in [0.05, 0.1) is 16.9 Å². The minimum atomic E-state index is 0. The highest BCUT2D eigenvalue weighted by Gasteiger charge is 2.24. The quantitative estimate of drug-likeness (QED) is 0.156. The summed E-state index contributed by atoms with van der Waals surface area (Å²) in [5.41, 5.74) is 8.07. The summed E-state index contributed by atoms with van der Waals surface area (Å²) in [6, 6.07) is 23.0. The van der Waals surface area contributed by atoms with Crippen molar-refractivity contribution in [1.29, 1.82) is 0 Å². The molecule has 0 atom stereocenters. The van der Waals surface area contributed by atoms with E-state index in [4.69, 9.17) is 11.6 Å². The maximum Gasteiger partial charge on any atom is 0.228 e. The number of para-hydroxylation sites is 1. The fourth-order valence-corrected chi connectivity index (χ4v) is 5.53. The van der Waals surface area contributed by atoms with E-state index in [2.05, 4.69) is 31.5 Å². The van der Waals surface area contributed by atoms with Crippen LogP contribution in [0.15, 0.2) is 89.0 Å². The van der Waals surface area contributed by atoms with E-state index < -0.39 is 0 Å². The molecule has 2 saturated heterocycles. The van der Waals surface area contributed by atoms with Crippen molar-refractivity contribution in [3.05, 3.63) is 106 Å². The smallest absolute Gasteiger partial charge is 0.228 e. The van der Waals surface area contributed by atoms with Gasteiger partial charge in [-0.25, -0.2) is 4.99 Å². The van der Waals surface area contributed by atoms with E-state index in [0.29, 0.717) is 16.6 Å². The Morgan fingerprint density at radius 1 is 0.787 bits per heavy atom. The Morgan fingerprint density at radius 2 is 1.40 bits per heavy atom. The summed E-state index contributed by atoms with van der Waals surface area (Å²) in [6.07, 6.45) is 17.0. The van der Waals surface area contributed by atoms with Crippen LogP contribution in [-0.4, -0.2) is 62.3 Å². The molecule has 3 aromatic rings. The van der Waals surface area contributed by atoms with Crippen LogP contribution in [0, 0.1) is 5.21 Å². The molecule has 0 radical (unpaired) electrons. The van der Waals surface area contributed by atoms with Gasteiger partial charge >= 0.3 is 0 Å². The van der Waals surface area contributed by atoms with E-state index >= 15 is 0 Å². The summed E-state index contributed by atoms with van der Waals surface area (Å²) in [6.45, 7) is 5.17. The van der Waals surface area contributed by atoms with Gasteiger partial charge < -0.3 is 21.2 Å². The number of aliphatic imine (C=N–C) groups is 1. The van der Waals surface area contributed by atoms with Gasteiger partial charge in [-0.1, -0.05) is 79.8 Å². The van der Waals surface area contributed by atoms with Crippen molar-refractivity contribution in [3.63, 3.8) is 0 Å². The van der Waals surface area contributed by atoms with Gasteiger partial charge in [-0.15, -0.1) is 12.4 Å². The fraction of sp³-hybridized carbons (Fsp3) is 0.378. The van der Waals surface area contributed by atoms with Gasteiger partial charge in [-0.3, -0.25) is 5.43 Å². The molecular formula is C37H49Cl2N7O. The van der Waals surface area contributed by atoms with Crippen molar-refractivity contribution in [3.8, 4) is 0 Å². The van der Waals surface area contributed by atoms with Crippen molar-refractivity contribution < 1.29 is 4.74 Å². The predicted molar refractivity (Wildman–Crippen MR) is 203 cm³/mol. The Hall–Kier alpha value is -3.69. The van der Waals surface area contributed by atoms with Gasteiger partial charge in [-0.2, -0.15) is 9.84 Å². The Morgan fingerprint density at radius 3 is 2.04 bits per heavy atom. The first kappa shape index (κ1) is 37.8. The number of fused-ring (bicyclic) bond motifs is 2. The number of anilines is 1. The van der Waals surface area contributed by atoms with E-state index in [1.807, 2.05) is 72.8 Å². The molecule has 3 aromatic carbocycles. The second kappa shape index (κ2) is 22.0. The van der Waals surface area contributed by atoms with E-state index in [9.17, 15) is 5.21 Å². The van der Waals surface area contributed by atoms with E-state index in [1.54, 1.807) is 25.4 Å². The Balaban J connectivity index is 0.000000192. The molecule has 0 unspecified atom stereocenters. The Bertz CT molecular complexity index is 1420. The van der Waals surface area contributed by atoms with Crippen LogP contribution in [0.3, 0.4) is 0 Å². The fourth-order valence-electron chi connectivity index (χ4n) is 5.35. The zero-order chi connectivity index (χ0) is 32.2. The van der Waals surface area contributed by atoms with Crippen LogP contribution < -0.4 is 21.4 Å². The molecular weight excluding hydrogens is 629 g/mol. The Labute approximate surface area is 291 Å². The molecule has 47 heavy (non-hydrogen) atoms. The molecule has 2 fully saturated rings. The molecule has 4 aliphatic heterocycles. The maximum atomic E-state index is 12.6. The van der Waals surface area contributed by atoms with Gasteiger partial charge in [0.15, 0.2) is 5.84 Å². The molecule has 0 saturated carbocycles. The van der Waals surface area contributed by atoms with Crippen molar-refractivity contribution in [2.75, 3.05) is 45.2 Å². The zero-order valence-electron chi connectivity index (χ0n) is 27.4. The molecule has 0 spiro atoms. The summed E-state index contributed by atoms with van der Waals surface area (Å²) >= 11 is 6.10. The molecule has 10 heteroatoms. The standard InChI is InChI=1S/C16H14ClN3O.C9H8N2.2C6H13N.ClH/c1-18-15-10-20(21)16(11-5-3-2-4-6-11)13-9-12(17)7-8-14(13)19-15;1-2-6-9-8(4-1)5-3-7-10-11-9;2*1-2-4-6-7-5-3-1;/h2-9H,10H2,1H3,(H,18,19);1-7,11H;2*7H,1-6H2;1H. The number of hydroxylamine groups is 1. The minimum absolute atomic E-state index is 0. The lowest BCUT2D eigenvalue weighted by Crippen LogP contribution is -2.29. The van der Waals surface area contributed by atoms with Crippen LogP contribution >= 0.6 is 24.0 Å². The van der Waals surface area contributed by atoms with Crippen LogP contribution in [0.2, 0.25) is 5.02 Å². The van der Waals surface area contributed by atoms with Gasteiger partial charge in [0, 0.05) is 23.8 Å². The maximum absolute atomic E-state index is 12.6. The zero-order valence-corrected chi connectivity index (χ0v) is 29.0.